The normalized spacial score (nSPS) is 15.6. The van der Waals surface area contributed by atoms with Gasteiger partial charge in [-0.15, -0.1) is 0 Å². The lowest BCUT2D eigenvalue weighted by molar-refractivity contribution is 0.337. The molecule has 19 heavy (non-hydrogen) atoms. The van der Waals surface area contributed by atoms with E-state index in [1.165, 1.54) is 32.5 Å². The monoisotopic (exact) mass is 341 g/mol. The lowest BCUT2D eigenvalue weighted by Crippen LogP contribution is -2.22. The molecule has 0 bridgehead atoms. The zero-order valence-electron chi connectivity index (χ0n) is 11.0. The van der Waals surface area contributed by atoms with Gasteiger partial charge in [-0.1, -0.05) is 28.1 Å². The predicted octanol–water partition coefficient (Wildman–Crippen LogP) is 2.98. The fourth-order valence-electron chi connectivity index (χ4n) is 2.41. The van der Waals surface area contributed by atoms with Crippen LogP contribution in [0.4, 0.5) is 5.69 Å². The molecule has 1 aliphatic rings. The molecular weight excluding hydrogens is 322 g/mol. The lowest BCUT2D eigenvalue weighted by atomic mass is 10.1. The van der Waals surface area contributed by atoms with Gasteiger partial charge in [0.05, 0.1) is 0 Å². The highest BCUT2D eigenvalue weighted by Gasteiger charge is 2.10. The average molecular weight is 342 g/mol. The maximum atomic E-state index is 5.75. The number of rotatable bonds is 6. The number of nitrogens with one attached hydrogen (secondary N) is 1. The van der Waals surface area contributed by atoms with Crippen molar-refractivity contribution in [1.82, 2.24) is 4.90 Å². The van der Waals surface area contributed by atoms with E-state index >= 15 is 0 Å². The first-order chi connectivity index (χ1) is 9.16. The van der Waals surface area contributed by atoms with Gasteiger partial charge < -0.3 is 16.0 Å². The molecule has 104 valence electrons. The van der Waals surface area contributed by atoms with E-state index in [4.69, 9.17) is 18.0 Å². The standard InChI is InChI=1S/C14H20BrN3S/c15-11-4-5-13(12(10-11)14(16)19)17-6-3-9-18-7-1-2-8-18/h4-5,10,17H,1-3,6-9H2,(H2,16,19). The number of likely N-dealkylation sites (tertiary alicyclic amines) is 1. The highest BCUT2D eigenvalue weighted by Crippen LogP contribution is 2.21. The highest BCUT2D eigenvalue weighted by atomic mass is 79.9. The van der Waals surface area contributed by atoms with Crippen LogP contribution < -0.4 is 11.1 Å². The number of halogens is 1. The van der Waals surface area contributed by atoms with E-state index in [1.54, 1.807) is 0 Å². The molecule has 0 atom stereocenters. The first-order valence-corrected chi connectivity index (χ1v) is 7.92. The second-order valence-corrected chi connectivity index (χ2v) is 6.24. The van der Waals surface area contributed by atoms with Crippen molar-refractivity contribution in [3.8, 4) is 0 Å². The third kappa shape index (κ3) is 4.44. The largest absolute Gasteiger partial charge is 0.389 e. The van der Waals surface area contributed by atoms with E-state index in [0.717, 1.165) is 28.7 Å². The topological polar surface area (TPSA) is 41.3 Å². The fraction of sp³-hybridized carbons (Fsp3) is 0.500. The molecule has 0 unspecified atom stereocenters. The van der Waals surface area contributed by atoms with Crippen molar-refractivity contribution < 1.29 is 0 Å². The lowest BCUT2D eigenvalue weighted by Gasteiger charge is -2.16. The van der Waals surface area contributed by atoms with Crippen LogP contribution in [0, 0.1) is 0 Å². The minimum atomic E-state index is 0.434. The van der Waals surface area contributed by atoms with Crippen LogP contribution in [0.15, 0.2) is 22.7 Å². The van der Waals surface area contributed by atoms with Gasteiger partial charge in [0.1, 0.15) is 4.99 Å². The molecular formula is C14H20BrN3S. The molecule has 0 radical (unpaired) electrons. The summed E-state index contributed by atoms with van der Waals surface area (Å²) in [4.78, 5) is 2.96. The number of nitrogens with zero attached hydrogens (tertiary/aromatic N) is 1. The summed E-state index contributed by atoms with van der Waals surface area (Å²) < 4.78 is 0.998. The van der Waals surface area contributed by atoms with E-state index in [9.17, 15) is 0 Å². The van der Waals surface area contributed by atoms with Crippen molar-refractivity contribution in [2.45, 2.75) is 19.3 Å². The van der Waals surface area contributed by atoms with Gasteiger partial charge in [-0.05, 0) is 57.1 Å². The smallest absolute Gasteiger partial charge is 0.106 e. The SMILES string of the molecule is NC(=S)c1cc(Br)ccc1NCCCN1CCCC1. The molecule has 1 saturated heterocycles. The molecule has 0 amide bonds. The summed E-state index contributed by atoms with van der Waals surface area (Å²) in [6.07, 6.45) is 3.85. The Kier molecular flexibility index (Phi) is 5.60. The van der Waals surface area contributed by atoms with E-state index in [2.05, 4.69) is 26.1 Å². The van der Waals surface area contributed by atoms with Crippen molar-refractivity contribution >= 4 is 38.8 Å². The molecule has 1 aromatic carbocycles. The van der Waals surface area contributed by atoms with Gasteiger partial charge in [-0.3, -0.25) is 0 Å². The summed E-state index contributed by atoms with van der Waals surface area (Å²) in [5.41, 5.74) is 7.68. The van der Waals surface area contributed by atoms with E-state index in [1.807, 2.05) is 18.2 Å². The average Bonchev–Trinajstić information content (AvgIpc) is 2.89. The van der Waals surface area contributed by atoms with Crippen LogP contribution in [0.25, 0.3) is 0 Å². The molecule has 1 aromatic rings. The first kappa shape index (κ1) is 14.8. The summed E-state index contributed by atoms with van der Waals surface area (Å²) >= 11 is 8.53. The minimum absolute atomic E-state index is 0.434. The van der Waals surface area contributed by atoms with Gasteiger partial charge in [0.25, 0.3) is 0 Å². The molecule has 0 aliphatic carbocycles. The Morgan fingerprint density at radius 2 is 2.11 bits per heavy atom. The van der Waals surface area contributed by atoms with Crippen molar-refractivity contribution in [3.63, 3.8) is 0 Å². The van der Waals surface area contributed by atoms with Crippen molar-refractivity contribution in [2.24, 2.45) is 5.73 Å². The molecule has 0 aromatic heterocycles. The Hall–Kier alpha value is -0.650. The molecule has 1 aliphatic heterocycles. The van der Waals surface area contributed by atoms with Gasteiger partial charge in [0.15, 0.2) is 0 Å². The Balaban J connectivity index is 1.83. The predicted molar refractivity (Wildman–Crippen MR) is 88.8 cm³/mol. The molecule has 1 fully saturated rings. The van der Waals surface area contributed by atoms with Gasteiger partial charge in [0, 0.05) is 22.3 Å². The third-order valence-corrected chi connectivity index (χ3v) is 4.13. The van der Waals surface area contributed by atoms with Crippen LogP contribution in [0.1, 0.15) is 24.8 Å². The maximum absolute atomic E-state index is 5.75. The number of hydrogen-bond donors (Lipinski definition) is 2. The number of nitrogens with two attached hydrogens (primary N) is 1. The Labute approximate surface area is 128 Å². The van der Waals surface area contributed by atoms with Crippen LogP contribution in [0.5, 0.6) is 0 Å². The van der Waals surface area contributed by atoms with Gasteiger partial charge >= 0.3 is 0 Å². The number of thiocarbonyl (C=S) groups is 1. The first-order valence-electron chi connectivity index (χ1n) is 6.72. The quantitative estimate of drug-likeness (QED) is 0.616. The minimum Gasteiger partial charge on any atom is -0.389 e. The Morgan fingerprint density at radius 1 is 1.37 bits per heavy atom. The number of benzene rings is 1. The van der Waals surface area contributed by atoms with Crippen molar-refractivity contribution in [2.75, 3.05) is 31.5 Å². The molecule has 5 heteroatoms. The van der Waals surface area contributed by atoms with Crippen molar-refractivity contribution in [1.29, 1.82) is 0 Å². The van der Waals surface area contributed by atoms with E-state index < -0.39 is 0 Å². The molecule has 2 rings (SSSR count). The summed E-state index contributed by atoms with van der Waals surface area (Å²) in [6, 6.07) is 5.99. The summed E-state index contributed by atoms with van der Waals surface area (Å²) in [6.45, 7) is 4.65. The summed E-state index contributed by atoms with van der Waals surface area (Å²) in [7, 11) is 0. The van der Waals surface area contributed by atoms with E-state index in [-0.39, 0.29) is 0 Å². The molecule has 1 heterocycles. The molecule has 3 N–H and O–H groups in total. The Bertz CT molecular complexity index is 444. The van der Waals surface area contributed by atoms with Crippen LogP contribution in [0.3, 0.4) is 0 Å². The van der Waals surface area contributed by atoms with Crippen LogP contribution in [0.2, 0.25) is 0 Å². The van der Waals surface area contributed by atoms with Crippen LogP contribution in [-0.4, -0.2) is 36.1 Å². The van der Waals surface area contributed by atoms with Gasteiger partial charge in [-0.25, -0.2) is 0 Å². The van der Waals surface area contributed by atoms with Crippen molar-refractivity contribution in [3.05, 3.63) is 28.2 Å². The Morgan fingerprint density at radius 3 is 2.79 bits per heavy atom. The van der Waals surface area contributed by atoms with E-state index in [0.29, 0.717) is 4.99 Å². The highest BCUT2D eigenvalue weighted by molar-refractivity contribution is 9.10. The maximum Gasteiger partial charge on any atom is 0.106 e. The third-order valence-electron chi connectivity index (χ3n) is 3.41. The molecule has 0 saturated carbocycles. The molecule has 0 spiro atoms. The van der Waals surface area contributed by atoms with Crippen LogP contribution >= 0.6 is 28.1 Å². The second-order valence-electron chi connectivity index (χ2n) is 4.88. The number of anilines is 1. The zero-order chi connectivity index (χ0) is 13.7. The zero-order valence-corrected chi connectivity index (χ0v) is 13.4. The molecule has 3 nitrogen and oxygen atoms in total. The summed E-state index contributed by atoms with van der Waals surface area (Å²) in [5.74, 6) is 0. The fourth-order valence-corrected chi connectivity index (χ4v) is 2.94. The second kappa shape index (κ2) is 7.22. The summed E-state index contributed by atoms with van der Waals surface area (Å²) in [5, 5.41) is 3.43. The van der Waals surface area contributed by atoms with Crippen LogP contribution in [-0.2, 0) is 0 Å². The van der Waals surface area contributed by atoms with Gasteiger partial charge in [0.2, 0.25) is 0 Å². The number of hydrogen-bond acceptors (Lipinski definition) is 3. The van der Waals surface area contributed by atoms with Gasteiger partial charge in [-0.2, -0.15) is 0 Å².